The van der Waals surface area contributed by atoms with Gasteiger partial charge >= 0.3 is 0 Å². The summed E-state index contributed by atoms with van der Waals surface area (Å²) in [6, 6.07) is 20.5. The molecule has 0 spiro atoms. The van der Waals surface area contributed by atoms with E-state index in [1.54, 1.807) is 42.6 Å². The van der Waals surface area contributed by atoms with Gasteiger partial charge < -0.3 is 4.98 Å². The van der Waals surface area contributed by atoms with Gasteiger partial charge in [0.2, 0.25) is 0 Å². The molecule has 3 aromatic carbocycles. The van der Waals surface area contributed by atoms with E-state index in [2.05, 4.69) is 15.5 Å². The zero-order valence-corrected chi connectivity index (χ0v) is 16.4. The zero-order chi connectivity index (χ0) is 20.4. The normalized spacial score (nSPS) is 11.9. The van der Waals surface area contributed by atoms with E-state index in [-0.39, 0.29) is 10.7 Å². The van der Waals surface area contributed by atoms with Crippen molar-refractivity contribution in [1.82, 2.24) is 4.98 Å². The lowest BCUT2D eigenvalue weighted by Gasteiger charge is -2.04. The Kier molecular flexibility index (Phi) is 4.90. The van der Waals surface area contributed by atoms with Crippen LogP contribution in [0.15, 0.2) is 82.8 Å². The van der Waals surface area contributed by atoms with Gasteiger partial charge in [0.05, 0.1) is 22.5 Å². The molecule has 4 aromatic rings. The lowest BCUT2D eigenvalue weighted by Crippen LogP contribution is -1.96. The molecule has 0 aliphatic carbocycles. The predicted octanol–water partition coefficient (Wildman–Crippen LogP) is 4.82. The number of nitrogens with zero attached hydrogens (tertiary/aromatic N) is 1. The van der Waals surface area contributed by atoms with Crippen LogP contribution in [-0.4, -0.2) is 25.9 Å². The third kappa shape index (κ3) is 4.05. The maximum Gasteiger partial charge on any atom is 0.175 e. The van der Waals surface area contributed by atoms with Crippen LogP contribution in [0.5, 0.6) is 0 Å². The standard InChI is InChI=1S/C22H18FN3O2S/c1-29(27,28)18-12-6-15(7-13-18)22-20(19-4-2-3-5-21(19)25-22)14-24-26-17-10-8-16(23)9-11-17/h2-14,25-26H,1H3. The number of benzene rings is 3. The summed E-state index contributed by atoms with van der Waals surface area (Å²) in [7, 11) is -3.26. The molecule has 29 heavy (non-hydrogen) atoms. The Hall–Kier alpha value is -3.45. The highest BCUT2D eigenvalue weighted by atomic mass is 32.2. The second kappa shape index (κ2) is 7.52. The Morgan fingerprint density at radius 3 is 2.34 bits per heavy atom. The van der Waals surface area contributed by atoms with Crippen molar-refractivity contribution in [2.24, 2.45) is 5.10 Å². The summed E-state index contributed by atoms with van der Waals surface area (Å²) in [5, 5.41) is 5.28. The smallest absolute Gasteiger partial charge is 0.175 e. The molecule has 5 nitrogen and oxygen atoms in total. The van der Waals surface area contributed by atoms with Gasteiger partial charge in [-0.1, -0.05) is 30.3 Å². The average molecular weight is 407 g/mol. The van der Waals surface area contributed by atoms with Crippen molar-refractivity contribution in [2.75, 3.05) is 11.7 Å². The van der Waals surface area contributed by atoms with Crippen LogP contribution in [0.4, 0.5) is 10.1 Å². The predicted molar refractivity (Wildman–Crippen MR) is 114 cm³/mol. The number of sulfone groups is 1. The molecule has 4 rings (SSSR count). The molecular weight excluding hydrogens is 389 g/mol. The Balaban J connectivity index is 1.72. The molecule has 0 aliphatic rings. The van der Waals surface area contributed by atoms with E-state index in [4.69, 9.17) is 0 Å². The number of aromatic nitrogens is 1. The molecular formula is C22H18FN3O2S. The van der Waals surface area contributed by atoms with Gasteiger partial charge in [-0.3, -0.25) is 5.43 Å². The van der Waals surface area contributed by atoms with Gasteiger partial charge in [-0.25, -0.2) is 12.8 Å². The van der Waals surface area contributed by atoms with Gasteiger partial charge in [0.1, 0.15) is 5.82 Å². The highest BCUT2D eigenvalue weighted by Gasteiger charge is 2.13. The maximum atomic E-state index is 13.0. The van der Waals surface area contributed by atoms with Crippen molar-refractivity contribution >= 4 is 32.6 Å². The minimum atomic E-state index is -3.26. The minimum absolute atomic E-state index is 0.269. The zero-order valence-electron chi connectivity index (χ0n) is 15.6. The fourth-order valence-corrected chi connectivity index (χ4v) is 3.72. The number of hydrazone groups is 1. The molecule has 0 saturated carbocycles. The van der Waals surface area contributed by atoms with Crippen LogP contribution in [0.2, 0.25) is 0 Å². The fourth-order valence-electron chi connectivity index (χ4n) is 3.09. The van der Waals surface area contributed by atoms with E-state index in [0.717, 1.165) is 27.7 Å². The highest BCUT2D eigenvalue weighted by molar-refractivity contribution is 7.90. The molecule has 7 heteroatoms. The number of halogens is 1. The molecule has 146 valence electrons. The molecule has 0 fully saturated rings. The van der Waals surface area contributed by atoms with Crippen LogP contribution < -0.4 is 5.43 Å². The van der Waals surface area contributed by atoms with Gasteiger partial charge in [0.15, 0.2) is 9.84 Å². The Morgan fingerprint density at radius 2 is 1.66 bits per heavy atom. The van der Waals surface area contributed by atoms with Crippen LogP contribution in [0.25, 0.3) is 22.2 Å². The van der Waals surface area contributed by atoms with Crippen LogP contribution in [0, 0.1) is 5.82 Å². The Morgan fingerprint density at radius 1 is 0.966 bits per heavy atom. The molecule has 1 heterocycles. The van der Waals surface area contributed by atoms with E-state index in [1.807, 2.05) is 24.3 Å². The summed E-state index contributed by atoms with van der Waals surface area (Å²) in [6.45, 7) is 0. The van der Waals surface area contributed by atoms with E-state index >= 15 is 0 Å². The largest absolute Gasteiger partial charge is 0.354 e. The summed E-state index contributed by atoms with van der Waals surface area (Å²) >= 11 is 0. The molecule has 0 radical (unpaired) electrons. The number of anilines is 1. The third-order valence-electron chi connectivity index (χ3n) is 4.55. The summed E-state index contributed by atoms with van der Waals surface area (Å²) in [5.41, 5.74) is 7.04. The molecule has 0 amide bonds. The first-order valence-corrected chi connectivity index (χ1v) is 10.8. The van der Waals surface area contributed by atoms with Crippen LogP contribution >= 0.6 is 0 Å². The number of nitrogens with one attached hydrogen (secondary N) is 2. The van der Waals surface area contributed by atoms with Crippen LogP contribution in [0.3, 0.4) is 0 Å². The average Bonchev–Trinajstić information content (AvgIpc) is 3.08. The second-order valence-electron chi connectivity index (χ2n) is 6.63. The molecule has 0 unspecified atom stereocenters. The summed E-state index contributed by atoms with van der Waals surface area (Å²) in [5.74, 6) is -0.309. The van der Waals surface area contributed by atoms with E-state index < -0.39 is 9.84 Å². The first-order chi connectivity index (χ1) is 13.9. The SMILES string of the molecule is CS(=O)(=O)c1ccc(-c2[nH]c3ccccc3c2C=NNc2ccc(F)cc2)cc1. The van der Waals surface area contributed by atoms with Crippen molar-refractivity contribution in [3.8, 4) is 11.3 Å². The van der Waals surface area contributed by atoms with Crippen LogP contribution in [0.1, 0.15) is 5.56 Å². The van der Waals surface area contributed by atoms with Crippen molar-refractivity contribution in [3.63, 3.8) is 0 Å². The van der Waals surface area contributed by atoms with Crippen molar-refractivity contribution in [1.29, 1.82) is 0 Å². The quantitative estimate of drug-likeness (QED) is 0.368. The van der Waals surface area contributed by atoms with Crippen LogP contribution in [-0.2, 0) is 9.84 Å². The van der Waals surface area contributed by atoms with Gasteiger partial charge in [-0.2, -0.15) is 5.10 Å². The van der Waals surface area contributed by atoms with E-state index in [1.165, 1.54) is 18.4 Å². The number of hydrogen-bond donors (Lipinski definition) is 2. The minimum Gasteiger partial charge on any atom is -0.354 e. The summed E-state index contributed by atoms with van der Waals surface area (Å²) < 4.78 is 36.5. The first-order valence-electron chi connectivity index (χ1n) is 8.88. The number of hydrogen-bond acceptors (Lipinski definition) is 4. The molecule has 0 saturated heterocycles. The Labute approximate surface area is 167 Å². The summed E-state index contributed by atoms with van der Waals surface area (Å²) in [6.07, 6.45) is 2.88. The number of para-hydroxylation sites is 1. The number of fused-ring (bicyclic) bond motifs is 1. The van der Waals surface area contributed by atoms with Gasteiger partial charge in [-0.05, 0) is 48.0 Å². The summed E-state index contributed by atoms with van der Waals surface area (Å²) in [4.78, 5) is 3.65. The lowest BCUT2D eigenvalue weighted by atomic mass is 10.1. The molecule has 0 atom stereocenters. The second-order valence-corrected chi connectivity index (χ2v) is 8.65. The third-order valence-corrected chi connectivity index (χ3v) is 5.68. The van der Waals surface area contributed by atoms with Crippen molar-refractivity contribution in [3.05, 3.63) is 84.2 Å². The molecule has 1 aromatic heterocycles. The van der Waals surface area contributed by atoms with Gasteiger partial charge in [-0.15, -0.1) is 0 Å². The van der Waals surface area contributed by atoms with E-state index in [0.29, 0.717) is 5.69 Å². The van der Waals surface area contributed by atoms with Crippen molar-refractivity contribution in [2.45, 2.75) is 4.90 Å². The maximum absolute atomic E-state index is 13.0. The van der Waals surface area contributed by atoms with Crippen molar-refractivity contribution < 1.29 is 12.8 Å². The first kappa shape index (κ1) is 18.9. The topological polar surface area (TPSA) is 74.3 Å². The van der Waals surface area contributed by atoms with E-state index in [9.17, 15) is 12.8 Å². The number of H-pyrrole nitrogens is 1. The molecule has 0 aliphatic heterocycles. The Bertz CT molecular complexity index is 1290. The monoisotopic (exact) mass is 407 g/mol. The molecule has 2 N–H and O–H groups in total. The van der Waals surface area contributed by atoms with Gasteiger partial charge in [0.25, 0.3) is 0 Å². The number of rotatable bonds is 5. The number of aromatic amines is 1. The molecule has 0 bridgehead atoms. The highest BCUT2D eigenvalue weighted by Crippen LogP contribution is 2.30. The fraction of sp³-hybridized carbons (Fsp3) is 0.0455. The lowest BCUT2D eigenvalue weighted by molar-refractivity contribution is 0.602. The van der Waals surface area contributed by atoms with Gasteiger partial charge in [0, 0.05) is 22.7 Å².